The minimum absolute atomic E-state index is 0.0884. The molecule has 0 unspecified atom stereocenters. The summed E-state index contributed by atoms with van der Waals surface area (Å²) in [6.45, 7) is 0.277. The minimum Gasteiger partial charge on any atom is -0.379 e. The molecule has 8 nitrogen and oxygen atoms in total. The summed E-state index contributed by atoms with van der Waals surface area (Å²) in [7, 11) is -7.03. The maximum absolute atomic E-state index is 13.5. The zero-order valence-corrected chi connectivity index (χ0v) is 21.0. The molecule has 0 saturated carbocycles. The van der Waals surface area contributed by atoms with Gasteiger partial charge in [-0.05, 0) is 42.0 Å². The summed E-state index contributed by atoms with van der Waals surface area (Å²) in [6, 6.07) is 28.9. The van der Waals surface area contributed by atoms with Crippen LogP contribution in [0.15, 0.2) is 113 Å². The van der Waals surface area contributed by atoms with Gasteiger partial charge in [0.25, 0.3) is 0 Å². The number of anilines is 3. The van der Waals surface area contributed by atoms with Crippen molar-refractivity contribution < 1.29 is 21.0 Å². The smallest absolute Gasteiger partial charge is 0.341 e. The van der Waals surface area contributed by atoms with Gasteiger partial charge in [-0.2, -0.15) is 8.42 Å². The van der Waals surface area contributed by atoms with Crippen molar-refractivity contribution in [3.05, 3.63) is 109 Å². The highest BCUT2D eigenvalue weighted by Crippen LogP contribution is 2.39. The number of primary sulfonamides is 1. The van der Waals surface area contributed by atoms with E-state index in [1.54, 1.807) is 30.1 Å². The van der Waals surface area contributed by atoms with Crippen molar-refractivity contribution in [3.8, 4) is 5.75 Å². The third-order valence-corrected chi connectivity index (χ3v) is 7.58. The standard InChI is InChI=1S/C26H25N3O5S2/c1-29(21-13-7-3-8-14-21)24-17-23(35(27,30)31)18-25(26(24)28-19-20-11-5-2-6-12-20)36(32,33)34-22-15-9-4-10-16-22/h2-18,28H,19H2,1H3,(H2,27,30,31). The fourth-order valence-corrected chi connectivity index (χ4v) is 5.39. The predicted molar refractivity (Wildman–Crippen MR) is 140 cm³/mol. The molecule has 0 atom stereocenters. The summed E-state index contributed by atoms with van der Waals surface area (Å²) in [4.78, 5) is 0.969. The predicted octanol–water partition coefficient (Wildman–Crippen LogP) is 4.48. The molecule has 0 aromatic heterocycles. The van der Waals surface area contributed by atoms with Gasteiger partial charge in [-0.3, -0.25) is 0 Å². The second-order valence-corrected chi connectivity index (χ2v) is 11.0. The van der Waals surface area contributed by atoms with E-state index in [0.29, 0.717) is 11.4 Å². The Labute approximate surface area is 211 Å². The van der Waals surface area contributed by atoms with E-state index in [4.69, 9.17) is 9.32 Å². The molecule has 0 heterocycles. The normalized spacial score (nSPS) is 11.6. The van der Waals surface area contributed by atoms with Gasteiger partial charge >= 0.3 is 10.1 Å². The van der Waals surface area contributed by atoms with Crippen LogP contribution in [-0.2, 0) is 26.7 Å². The van der Waals surface area contributed by atoms with Crippen LogP contribution >= 0.6 is 0 Å². The fraction of sp³-hybridized carbons (Fsp3) is 0.0769. The van der Waals surface area contributed by atoms with Gasteiger partial charge in [-0.15, -0.1) is 0 Å². The number of hydrogen-bond donors (Lipinski definition) is 2. The summed E-state index contributed by atoms with van der Waals surface area (Å²) in [6.07, 6.45) is 0. The number of nitrogens with one attached hydrogen (secondary N) is 1. The van der Waals surface area contributed by atoms with Crippen molar-refractivity contribution in [3.63, 3.8) is 0 Å². The molecule has 3 N–H and O–H groups in total. The summed E-state index contributed by atoms with van der Waals surface area (Å²) < 4.78 is 57.1. The van der Waals surface area contributed by atoms with E-state index < -0.39 is 20.1 Å². The number of sulfonamides is 1. The number of rotatable bonds is 9. The van der Waals surface area contributed by atoms with Gasteiger partial charge in [0.1, 0.15) is 10.6 Å². The van der Waals surface area contributed by atoms with Crippen LogP contribution in [0, 0.1) is 0 Å². The van der Waals surface area contributed by atoms with E-state index in [9.17, 15) is 16.8 Å². The SMILES string of the molecule is CN(c1ccccc1)c1cc(S(N)(=O)=O)cc(S(=O)(=O)Oc2ccccc2)c1NCc1ccccc1. The molecule has 0 spiro atoms. The summed E-state index contributed by atoms with van der Waals surface area (Å²) in [5, 5.41) is 8.62. The van der Waals surface area contributed by atoms with Gasteiger partial charge in [-0.1, -0.05) is 66.7 Å². The van der Waals surface area contributed by atoms with Gasteiger partial charge in [0.2, 0.25) is 10.0 Å². The largest absolute Gasteiger partial charge is 0.379 e. The molecule has 36 heavy (non-hydrogen) atoms. The third-order valence-electron chi connectivity index (χ3n) is 5.42. The van der Waals surface area contributed by atoms with Crippen LogP contribution < -0.4 is 19.5 Å². The Morgan fingerprint density at radius 3 is 1.94 bits per heavy atom. The molecule has 10 heteroatoms. The second kappa shape index (κ2) is 10.4. The molecule has 4 aromatic carbocycles. The average molecular weight is 524 g/mol. The number of nitrogens with zero attached hydrogens (tertiary/aromatic N) is 1. The zero-order chi connectivity index (χ0) is 25.8. The highest BCUT2D eigenvalue weighted by atomic mass is 32.2. The highest BCUT2D eigenvalue weighted by molar-refractivity contribution is 7.89. The Hall–Kier alpha value is -3.86. The minimum atomic E-state index is -4.48. The molecule has 0 aliphatic rings. The topological polar surface area (TPSA) is 119 Å². The number of hydrogen-bond acceptors (Lipinski definition) is 7. The first kappa shape index (κ1) is 25.2. The van der Waals surface area contributed by atoms with Crippen molar-refractivity contribution in [2.24, 2.45) is 5.14 Å². The summed E-state index contributed by atoms with van der Waals surface area (Å²) in [5.74, 6) is 0.0884. The maximum Gasteiger partial charge on any atom is 0.341 e. The van der Waals surface area contributed by atoms with E-state index in [2.05, 4.69) is 5.32 Å². The monoisotopic (exact) mass is 523 g/mol. The molecule has 0 fully saturated rings. The lowest BCUT2D eigenvalue weighted by atomic mass is 10.2. The molecule has 0 saturated heterocycles. The van der Waals surface area contributed by atoms with Crippen molar-refractivity contribution in [1.82, 2.24) is 0 Å². The Morgan fingerprint density at radius 2 is 1.36 bits per heavy atom. The van der Waals surface area contributed by atoms with E-state index in [0.717, 1.165) is 11.6 Å². The lowest BCUT2D eigenvalue weighted by molar-refractivity contribution is 0.486. The zero-order valence-electron chi connectivity index (χ0n) is 19.4. The fourth-order valence-electron chi connectivity index (χ4n) is 3.60. The van der Waals surface area contributed by atoms with Crippen LogP contribution in [0.4, 0.5) is 17.1 Å². The second-order valence-electron chi connectivity index (χ2n) is 7.94. The molecule has 0 radical (unpaired) electrons. The van der Waals surface area contributed by atoms with Gasteiger partial charge in [-0.25, -0.2) is 13.6 Å². The van der Waals surface area contributed by atoms with Crippen molar-refractivity contribution in [2.75, 3.05) is 17.3 Å². The van der Waals surface area contributed by atoms with Crippen LogP contribution in [0.25, 0.3) is 0 Å². The van der Waals surface area contributed by atoms with Crippen molar-refractivity contribution in [2.45, 2.75) is 16.3 Å². The average Bonchev–Trinajstić information content (AvgIpc) is 2.87. The van der Waals surface area contributed by atoms with Crippen molar-refractivity contribution in [1.29, 1.82) is 0 Å². The molecule has 0 amide bonds. The lowest BCUT2D eigenvalue weighted by Gasteiger charge is -2.26. The van der Waals surface area contributed by atoms with E-state index in [-0.39, 0.29) is 27.8 Å². The van der Waals surface area contributed by atoms with Gasteiger partial charge in [0.15, 0.2) is 0 Å². The first-order chi connectivity index (χ1) is 17.1. The van der Waals surface area contributed by atoms with Gasteiger partial charge in [0, 0.05) is 19.3 Å². The van der Waals surface area contributed by atoms with Crippen molar-refractivity contribution >= 4 is 37.2 Å². The van der Waals surface area contributed by atoms with Crippen LogP contribution in [-0.4, -0.2) is 23.9 Å². The Balaban J connectivity index is 1.92. The van der Waals surface area contributed by atoms with E-state index in [1.165, 1.54) is 18.2 Å². The van der Waals surface area contributed by atoms with Gasteiger partial charge in [0.05, 0.1) is 16.3 Å². The van der Waals surface area contributed by atoms with E-state index in [1.807, 2.05) is 60.7 Å². The molecular weight excluding hydrogens is 498 g/mol. The van der Waals surface area contributed by atoms with Gasteiger partial charge < -0.3 is 14.4 Å². The molecular formula is C26H25N3O5S2. The summed E-state index contributed by atoms with van der Waals surface area (Å²) in [5.41, 5.74) is 2.07. The van der Waals surface area contributed by atoms with Crippen LogP contribution in [0.2, 0.25) is 0 Å². The van der Waals surface area contributed by atoms with E-state index >= 15 is 0 Å². The molecule has 0 aliphatic carbocycles. The Kier molecular flexibility index (Phi) is 7.30. The number of para-hydroxylation sites is 2. The highest BCUT2D eigenvalue weighted by Gasteiger charge is 2.28. The number of benzene rings is 4. The molecule has 186 valence electrons. The molecule has 0 aliphatic heterocycles. The quantitative estimate of drug-likeness (QED) is 0.311. The Bertz CT molecular complexity index is 1550. The molecule has 4 aromatic rings. The summed E-state index contributed by atoms with van der Waals surface area (Å²) >= 11 is 0. The van der Waals surface area contributed by atoms with Crippen LogP contribution in [0.5, 0.6) is 5.75 Å². The third kappa shape index (κ3) is 5.85. The Morgan fingerprint density at radius 1 is 0.806 bits per heavy atom. The van der Waals surface area contributed by atoms with Crippen LogP contribution in [0.3, 0.4) is 0 Å². The lowest BCUT2D eigenvalue weighted by Crippen LogP contribution is -2.20. The first-order valence-corrected chi connectivity index (χ1v) is 13.9. The molecule has 4 rings (SSSR count). The maximum atomic E-state index is 13.5. The number of nitrogens with two attached hydrogens (primary N) is 1. The van der Waals surface area contributed by atoms with Crippen LogP contribution in [0.1, 0.15) is 5.56 Å². The first-order valence-electron chi connectivity index (χ1n) is 10.9. The molecule has 0 bridgehead atoms.